The van der Waals surface area contributed by atoms with Gasteiger partial charge in [0.15, 0.2) is 0 Å². The first-order valence-electron chi connectivity index (χ1n) is 8.54. The maximum atomic E-state index is 2.15. The summed E-state index contributed by atoms with van der Waals surface area (Å²) < 4.78 is 0. The Kier molecular flexibility index (Phi) is 11.2. The molecule has 0 radical (unpaired) electrons. The Morgan fingerprint density at radius 2 is 0.481 bits per heavy atom. The van der Waals surface area contributed by atoms with Crippen molar-refractivity contribution in [1.29, 1.82) is 0 Å². The summed E-state index contributed by atoms with van der Waals surface area (Å²) in [7, 11) is 2.56. The minimum atomic E-state index is 0. The topological polar surface area (TPSA) is 0 Å². The second-order valence-electron chi connectivity index (χ2n) is 5.57. The van der Waals surface area contributed by atoms with Crippen LogP contribution in [0.4, 0.5) is 0 Å². The Bertz CT molecular complexity index is 715. The van der Waals surface area contributed by atoms with E-state index in [-0.39, 0.29) is 45.5 Å². The van der Waals surface area contributed by atoms with Crippen LogP contribution in [-0.4, -0.2) is 45.5 Å². The summed E-state index contributed by atoms with van der Waals surface area (Å²) in [4.78, 5) is 0. The summed E-state index contributed by atoms with van der Waals surface area (Å²) in [6, 6.07) is 42.0. The second kappa shape index (κ2) is 13.4. The third kappa shape index (κ3) is 8.84. The van der Waals surface area contributed by atoms with Gasteiger partial charge in [-0.2, -0.15) is 0 Å². The van der Waals surface area contributed by atoms with E-state index in [9.17, 15) is 0 Å². The quantitative estimate of drug-likeness (QED) is 0.305. The Hall–Kier alpha value is -0.779. The predicted molar refractivity (Wildman–Crippen MR) is 124 cm³/mol. The molecule has 0 unspecified atom stereocenters. The second-order valence-corrected chi connectivity index (χ2v) is 8.08. The standard InChI is InChI=1S/2C12H10P.Sr/c2*1-3-7-11(8-4-1)13-12-9-5-2-6-10-12;/h2*1-10H;/q2*-1;+2. The fraction of sp³-hybridized carbons (Fsp3) is 0. The minimum absolute atomic E-state index is 0. The van der Waals surface area contributed by atoms with Crippen LogP contribution in [0.25, 0.3) is 0 Å². The maximum Gasteiger partial charge on any atom is 2.00 e. The van der Waals surface area contributed by atoms with Crippen molar-refractivity contribution in [2.24, 2.45) is 0 Å². The zero-order chi connectivity index (χ0) is 17.9. The molecule has 4 aromatic rings. The van der Waals surface area contributed by atoms with Gasteiger partial charge in [0.1, 0.15) is 0 Å². The van der Waals surface area contributed by atoms with Crippen LogP contribution in [-0.2, 0) is 0 Å². The van der Waals surface area contributed by atoms with E-state index in [1.807, 2.05) is 24.3 Å². The summed E-state index contributed by atoms with van der Waals surface area (Å²) in [5.74, 6) is 0. The molecule has 0 nitrogen and oxygen atoms in total. The largest absolute Gasteiger partial charge is 2.00 e. The van der Waals surface area contributed by atoms with Crippen LogP contribution in [0.15, 0.2) is 121 Å². The van der Waals surface area contributed by atoms with Crippen molar-refractivity contribution in [1.82, 2.24) is 0 Å². The van der Waals surface area contributed by atoms with Gasteiger partial charge in [0.05, 0.1) is 0 Å². The Labute approximate surface area is 203 Å². The van der Waals surface area contributed by atoms with E-state index in [2.05, 4.69) is 97.1 Å². The van der Waals surface area contributed by atoms with E-state index in [1.54, 1.807) is 0 Å². The molecule has 0 aliphatic heterocycles. The molecule has 0 saturated heterocycles. The first-order chi connectivity index (χ1) is 12.9. The summed E-state index contributed by atoms with van der Waals surface area (Å²) in [5, 5.41) is 5.37. The van der Waals surface area contributed by atoms with Gasteiger partial charge in [-0.15, -0.1) is 0 Å². The summed E-state index contributed by atoms with van der Waals surface area (Å²) >= 11 is 0. The Morgan fingerprint density at radius 1 is 0.296 bits per heavy atom. The molecule has 3 heteroatoms. The van der Waals surface area contributed by atoms with Crippen molar-refractivity contribution in [3.8, 4) is 0 Å². The van der Waals surface area contributed by atoms with E-state index in [1.165, 1.54) is 38.4 Å². The smallest absolute Gasteiger partial charge is 0.472 e. The van der Waals surface area contributed by atoms with Crippen LogP contribution in [0.3, 0.4) is 0 Å². The molecule has 27 heavy (non-hydrogen) atoms. The average Bonchev–Trinajstić information content (AvgIpc) is 2.72. The zero-order valence-electron chi connectivity index (χ0n) is 15.1. The van der Waals surface area contributed by atoms with Crippen LogP contribution < -0.4 is 21.2 Å². The molecule has 0 saturated carbocycles. The molecule has 0 N–H and O–H groups in total. The van der Waals surface area contributed by atoms with Crippen LogP contribution in [0, 0.1) is 0 Å². The molecular weight excluding hydrogens is 438 g/mol. The summed E-state index contributed by atoms with van der Waals surface area (Å²) in [6.07, 6.45) is 0. The van der Waals surface area contributed by atoms with Crippen molar-refractivity contribution >= 4 is 83.9 Å². The van der Waals surface area contributed by atoms with Gasteiger partial charge >= 0.3 is 45.5 Å². The third-order valence-corrected chi connectivity index (χ3v) is 5.77. The van der Waals surface area contributed by atoms with Gasteiger partial charge in [-0.3, -0.25) is 0 Å². The number of hydrogen-bond acceptors (Lipinski definition) is 0. The molecule has 4 aromatic carbocycles. The number of benzene rings is 4. The van der Waals surface area contributed by atoms with E-state index < -0.39 is 0 Å². The molecule has 0 aromatic heterocycles. The predicted octanol–water partition coefficient (Wildman–Crippen LogP) is 4.79. The Morgan fingerprint density at radius 3 is 0.667 bits per heavy atom. The molecule has 0 aliphatic carbocycles. The first kappa shape index (κ1) is 22.5. The van der Waals surface area contributed by atoms with E-state index in [0.717, 1.165) is 0 Å². The Balaban J connectivity index is 0.000000187. The van der Waals surface area contributed by atoms with Gasteiger partial charge < -0.3 is 17.2 Å². The molecule has 128 valence electrons. The molecule has 0 heterocycles. The van der Waals surface area contributed by atoms with Crippen LogP contribution in [0.2, 0.25) is 0 Å². The van der Waals surface area contributed by atoms with Crippen LogP contribution in [0.5, 0.6) is 0 Å². The van der Waals surface area contributed by atoms with E-state index in [0.29, 0.717) is 0 Å². The average molecular weight is 458 g/mol. The molecule has 0 atom stereocenters. The third-order valence-electron chi connectivity index (χ3n) is 3.54. The van der Waals surface area contributed by atoms with E-state index >= 15 is 0 Å². The van der Waals surface area contributed by atoms with Crippen molar-refractivity contribution < 1.29 is 0 Å². The monoisotopic (exact) mass is 458 g/mol. The molecule has 0 fully saturated rings. The van der Waals surface area contributed by atoms with Crippen molar-refractivity contribution in [3.63, 3.8) is 0 Å². The van der Waals surface area contributed by atoms with Crippen molar-refractivity contribution in [3.05, 3.63) is 121 Å². The molecule has 0 aliphatic rings. The maximum absolute atomic E-state index is 2.15. The fourth-order valence-electron chi connectivity index (χ4n) is 2.31. The van der Waals surface area contributed by atoms with Gasteiger partial charge in [0.2, 0.25) is 0 Å². The molecule has 0 spiro atoms. The molecular formula is C24H20P2Sr. The number of hydrogen-bond donors (Lipinski definition) is 0. The molecule has 4 rings (SSSR count). The SMILES string of the molecule is [Sr+2].c1ccc([P-]c2ccccc2)cc1.c1ccc([P-]c2ccccc2)cc1. The summed E-state index contributed by atoms with van der Waals surface area (Å²) in [6.45, 7) is 0. The molecule has 0 bridgehead atoms. The number of rotatable bonds is 4. The van der Waals surface area contributed by atoms with Gasteiger partial charge in [-0.1, -0.05) is 121 Å². The fourth-order valence-corrected chi connectivity index (χ4v) is 4.19. The summed E-state index contributed by atoms with van der Waals surface area (Å²) in [5.41, 5.74) is 0. The normalized spacial score (nSPS) is 9.48. The minimum Gasteiger partial charge on any atom is -0.472 e. The van der Waals surface area contributed by atoms with Gasteiger partial charge in [-0.05, 0) is 0 Å². The van der Waals surface area contributed by atoms with E-state index in [4.69, 9.17) is 0 Å². The van der Waals surface area contributed by atoms with Crippen molar-refractivity contribution in [2.75, 3.05) is 0 Å². The van der Waals surface area contributed by atoms with Gasteiger partial charge in [0.25, 0.3) is 0 Å². The first-order valence-corrected chi connectivity index (χ1v) is 10.3. The van der Waals surface area contributed by atoms with Crippen molar-refractivity contribution in [2.45, 2.75) is 0 Å². The molecule has 0 amide bonds. The van der Waals surface area contributed by atoms with Gasteiger partial charge in [-0.25, -0.2) is 21.2 Å². The van der Waals surface area contributed by atoms with Crippen LogP contribution >= 0.6 is 17.2 Å². The van der Waals surface area contributed by atoms with Crippen LogP contribution in [0.1, 0.15) is 0 Å². The zero-order valence-corrected chi connectivity index (χ0v) is 20.4. The van der Waals surface area contributed by atoms with Gasteiger partial charge in [0, 0.05) is 0 Å².